The lowest BCUT2D eigenvalue weighted by Crippen LogP contribution is -2.25. The first kappa shape index (κ1) is 29.8. The molecule has 2 N–H and O–H groups in total. The van der Waals surface area contributed by atoms with Crippen LogP contribution in [0.4, 0.5) is 5.69 Å². The molecular weight excluding hydrogens is 564 g/mol. The molecule has 2 amide bonds. The van der Waals surface area contributed by atoms with Crippen LogP contribution >= 0.6 is 11.8 Å². The summed E-state index contributed by atoms with van der Waals surface area (Å²) in [5.74, 6) is 0.671. The third-order valence-electron chi connectivity index (χ3n) is 5.80. The van der Waals surface area contributed by atoms with Crippen molar-refractivity contribution in [3.63, 3.8) is 0 Å². The molecule has 4 aromatic rings. The van der Waals surface area contributed by atoms with Crippen molar-refractivity contribution in [2.75, 3.05) is 31.8 Å². The third kappa shape index (κ3) is 7.51. The van der Waals surface area contributed by atoms with Gasteiger partial charge in [0.25, 0.3) is 5.91 Å². The lowest BCUT2D eigenvalue weighted by molar-refractivity contribution is -0.113. The molecule has 13 heteroatoms. The highest BCUT2D eigenvalue weighted by atomic mass is 32.2. The summed E-state index contributed by atoms with van der Waals surface area (Å²) < 4.78 is 32.9. The molecule has 4 rings (SSSR count). The summed E-state index contributed by atoms with van der Waals surface area (Å²) in [5, 5.41) is 14.7. The molecule has 0 saturated heterocycles. The van der Waals surface area contributed by atoms with Gasteiger partial charge in [0.1, 0.15) is 5.75 Å². The summed E-state index contributed by atoms with van der Waals surface area (Å²) in [5.41, 5.74) is 1.72. The fourth-order valence-electron chi connectivity index (χ4n) is 3.72. The predicted octanol–water partition coefficient (Wildman–Crippen LogP) is 3.58. The maximum absolute atomic E-state index is 12.8. The van der Waals surface area contributed by atoms with Gasteiger partial charge >= 0.3 is 0 Å². The van der Waals surface area contributed by atoms with Gasteiger partial charge in [-0.05, 0) is 67.6 Å². The van der Waals surface area contributed by atoms with E-state index in [0.717, 1.165) is 15.7 Å². The fraction of sp³-hybridized carbons (Fsp3) is 0.214. The first-order valence-electron chi connectivity index (χ1n) is 12.6. The Labute approximate surface area is 243 Å². The minimum atomic E-state index is -3.60. The van der Waals surface area contributed by atoms with Gasteiger partial charge in [0, 0.05) is 31.0 Å². The third-order valence-corrected chi connectivity index (χ3v) is 8.56. The van der Waals surface area contributed by atoms with Gasteiger partial charge in [0.15, 0.2) is 11.0 Å². The number of nitrogens with one attached hydrogen (secondary N) is 2. The number of carbonyl (C=O) groups excluding carboxylic acids is 2. The zero-order chi connectivity index (χ0) is 29.4. The van der Waals surface area contributed by atoms with E-state index in [1.165, 1.54) is 50.1 Å². The zero-order valence-electron chi connectivity index (χ0n) is 22.8. The topological polar surface area (TPSA) is 136 Å². The van der Waals surface area contributed by atoms with E-state index >= 15 is 0 Å². The minimum Gasteiger partial charge on any atom is -0.494 e. The Morgan fingerprint density at radius 2 is 1.63 bits per heavy atom. The van der Waals surface area contributed by atoms with Crippen LogP contribution in [0.5, 0.6) is 5.75 Å². The molecule has 0 saturated carbocycles. The number of hydrogen-bond acceptors (Lipinski definition) is 8. The van der Waals surface area contributed by atoms with Gasteiger partial charge < -0.3 is 15.4 Å². The second kappa shape index (κ2) is 13.4. The molecule has 0 aliphatic heterocycles. The molecule has 0 aliphatic carbocycles. The smallest absolute Gasteiger partial charge is 0.251 e. The number of nitrogens with zero attached hydrogens (tertiary/aromatic N) is 4. The first-order chi connectivity index (χ1) is 19.7. The maximum atomic E-state index is 12.8. The summed E-state index contributed by atoms with van der Waals surface area (Å²) in [7, 11) is -0.709. The minimum absolute atomic E-state index is 0.0530. The largest absolute Gasteiger partial charge is 0.494 e. The van der Waals surface area contributed by atoms with Gasteiger partial charge in [-0.3, -0.25) is 14.2 Å². The maximum Gasteiger partial charge on any atom is 0.251 e. The number of anilines is 1. The Bertz CT molecular complexity index is 1590. The van der Waals surface area contributed by atoms with E-state index < -0.39 is 15.9 Å². The molecule has 0 aliphatic rings. The van der Waals surface area contributed by atoms with E-state index in [4.69, 9.17) is 4.74 Å². The molecule has 0 unspecified atom stereocenters. The first-order valence-corrected chi connectivity index (χ1v) is 15.1. The number of sulfonamides is 1. The summed E-state index contributed by atoms with van der Waals surface area (Å²) in [6.45, 7) is 2.52. The summed E-state index contributed by atoms with van der Waals surface area (Å²) in [6.07, 6.45) is 0. The van der Waals surface area contributed by atoms with E-state index in [2.05, 4.69) is 20.8 Å². The monoisotopic (exact) mass is 594 g/mol. The molecule has 41 heavy (non-hydrogen) atoms. The molecule has 0 atom stereocenters. The molecule has 11 nitrogen and oxygen atoms in total. The van der Waals surface area contributed by atoms with Gasteiger partial charge in [-0.15, -0.1) is 10.2 Å². The number of benzene rings is 3. The van der Waals surface area contributed by atoms with E-state index in [1.54, 1.807) is 28.8 Å². The molecule has 3 aromatic carbocycles. The van der Waals surface area contributed by atoms with Crippen LogP contribution in [-0.4, -0.2) is 65.8 Å². The van der Waals surface area contributed by atoms with Crippen LogP contribution < -0.4 is 15.4 Å². The van der Waals surface area contributed by atoms with Gasteiger partial charge in [0.2, 0.25) is 15.9 Å². The van der Waals surface area contributed by atoms with E-state index in [9.17, 15) is 18.0 Å². The van der Waals surface area contributed by atoms with Crippen LogP contribution in [0.15, 0.2) is 88.9 Å². The van der Waals surface area contributed by atoms with E-state index in [1.807, 2.05) is 37.3 Å². The Hall–Kier alpha value is -4.20. The van der Waals surface area contributed by atoms with Gasteiger partial charge in [-0.25, -0.2) is 12.7 Å². The zero-order valence-corrected chi connectivity index (χ0v) is 24.4. The van der Waals surface area contributed by atoms with E-state index in [-0.39, 0.29) is 23.1 Å². The van der Waals surface area contributed by atoms with Crippen LogP contribution in [0.3, 0.4) is 0 Å². The normalized spacial score (nSPS) is 11.3. The molecule has 0 spiro atoms. The van der Waals surface area contributed by atoms with Crippen LogP contribution in [0.1, 0.15) is 23.1 Å². The van der Waals surface area contributed by atoms with Gasteiger partial charge in [-0.1, -0.05) is 30.0 Å². The lowest BCUT2D eigenvalue weighted by Gasteiger charge is -2.12. The molecular formula is C28H30N6O5S2. The Morgan fingerprint density at radius 1 is 0.951 bits per heavy atom. The lowest BCUT2D eigenvalue weighted by atomic mass is 10.2. The highest BCUT2D eigenvalue weighted by molar-refractivity contribution is 7.99. The Balaban J connectivity index is 1.44. The van der Waals surface area contributed by atoms with Crippen molar-refractivity contribution in [1.29, 1.82) is 0 Å². The number of carbonyl (C=O) groups is 2. The van der Waals surface area contributed by atoms with Crippen molar-refractivity contribution in [2.24, 2.45) is 0 Å². The van der Waals surface area contributed by atoms with Crippen molar-refractivity contribution in [3.05, 3.63) is 90.3 Å². The second-order valence-corrected chi connectivity index (χ2v) is 12.0. The molecule has 0 radical (unpaired) electrons. The predicted molar refractivity (Wildman–Crippen MR) is 157 cm³/mol. The number of aromatic nitrogens is 3. The molecule has 1 heterocycles. The number of ether oxygens (including phenoxy) is 1. The van der Waals surface area contributed by atoms with Crippen LogP contribution in [-0.2, 0) is 21.4 Å². The van der Waals surface area contributed by atoms with Crippen molar-refractivity contribution in [3.8, 4) is 11.4 Å². The van der Waals surface area contributed by atoms with Gasteiger partial charge in [0.05, 0.1) is 23.8 Å². The Morgan fingerprint density at radius 3 is 2.27 bits per heavy atom. The summed E-state index contributed by atoms with van der Waals surface area (Å²) in [6, 6.07) is 22.2. The number of amides is 2. The van der Waals surface area contributed by atoms with Crippen LogP contribution in [0, 0.1) is 0 Å². The molecule has 0 bridgehead atoms. The fourth-order valence-corrected chi connectivity index (χ4v) is 5.40. The summed E-state index contributed by atoms with van der Waals surface area (Å²) >= 11 is 1.22. The second-order valence-electron chi connectivity index (χ2n) is 8.86. The quantitative estimate of drug-likeness (QED) is 0.238. The van der Waals surface area contributed by atoms with E-state index in [0.29, 0.717) is 28.8 Å². The number of thioether (sulfide) groups is 1. The number of rotatable bonds is 12. The van der Waals surface area contributed by atoms with Crippen molar-refractivity contribution in [2.45, 2.75) is 23.5 Å². The van der Waals surface area contributed by atoms with Crippen molar-refractivity contribution in [1.82, 2.24) is 24.4 Å². The average molecular weight is 595 g/mol. The highest BCUT2D eigenvalue weighted by Crippen LogP contribution is 2.23. The molecule has 0 fully saturated rings. The average Bonchev–Trinajstić information content (AvgIpc) is 3.39. The van der Waals surface area contributed by atoms with Crippen molar-refractivity contribution < 1.29 is 22.7 Å². The standard InChI is InChI=1S/C28H30N6O5S2/c1-4-39-23-14-12-21(13-15-23)30-26(35)19-40-28-32-31-25(34(28)22-8-6-5-7-9-22)18-29-27(36)20-10-16-24(17-11-20)41(37,38)33(2)3/h5-17H,4,18-19H2,1-3H3,(H,29,36)(H,30,35). The Kier molecular flexibility index (Phi) is 9.76. The summed E-state index contributed by atoms with van der Waals surface area (Å²) in [4.78, 5) is 25.5. The van der Waals surface area contributed by atoms with Crippen LogP contribution in [0.25, 0.3) is 5.69 Å². The van der Waals surface area contributed by atoms with Gasteiger partial charge in [-0.2, -0.15) is 0 Å². The molecule has 1 aromatic heterocycles. The van der Waals surface area contributed by atoms with Crippen molar-refractivity contribution >= 4 is 39.3 Å². The number of para-hydroxylation sites is 1. The molecule has 214 valence electrons. The highest BCUT2D eigenvalue weighted by Gasteiger charge is 2.19. The SMILES string of the molecule is CCOc1ccc(NC(=O)CSc2nnc(CNC(=O)c3ccc(S(=O)(=O)N(C)C)cc3)n2-c2ccccc2)cc1. The van der Waals surface area contributed by atoms with Crippen LogP contribution in [0.2, 0.25) is 0 Å². The number of hydrogen-bond donors (Lipinski definition) is 2.